The van der Waals surface area contributed by atoms with Crippen molar-refractivity contribution in [1.29, 1.82) is 0 Å². The summed E-state index contributed by atoms with van der Waals surface area (Å²) in [5.74, 6) is -0.898. The van der Waals surface area contributed by atoms with Crippen LogP contribution in [0.25, 0.3) is 0 Å². The van der Waals surface area contributed by atoms with Crippen molar-refractivity contribution in [3.05, 3.63) is 0 Å². The standard InChI is InChI=1S/C15H22O9S.Na/c1-12-4-15(20)9-6(17)3-13(15,2)14(5-16,8(19)7(12)18)10(24-9)11(12)25(21,22)23;/h6,8-11,16-17,19-20H,3-5H2,1-2H3,(H,21,22,23);/q;+1/p-1/t6-,8-,9-,10-,11-,12-,13-,14+,15+;/m1./s1. The molecule has 6 fully saturated rings. The van der Waals surface area contributed by atoms with E-state index in [4.69, 9.17) is 4.74 Å². The Hall–Kier alpha value is 0.380. The van der Waals surface area contributed by atoms with Gasteiger partial charge >= 0.3 is 29.6 Å². The van der Waals surface area contributed by atoms with Gasteiger partial charge in [-0.2, -0.15) is 0 Å². The van der Waals surface area contributed by atoms with Crippen LogP contribution in [0.1, 0.15) is 26.7 Å². The topological polar surface area (TPSA) is 164 Å². The first-order valence-corrected chi connectivity index (χ1v) is 9.62. The molecule has 2 saturated heterocycles. The van der Waals surface area contributed by atoms with Crippen LogP contribution in [0.15, 0.2) is 0 Å². The molecule has 4 saturated carbocycles. The number of carbonyl (C=O) groups excluding carboxylic acids is 1. The summed E-state index contributed by atoms with van der Waals surface area (Å²) in [6.07, 6.45) is -6.26. The summed E-state index contributed by atoms with van der Waals surface area (Å²) >= 11 is 0. The SMILES string of the molecule is C[C@]12C[C@@H](O)[C@H]3O[C@@H]4[C@@H](S(=O)(=O)[O-])[C@](C)(C[C@]31O)C(=O)[C@@H](O)[C@@]42CO.[Na+]. The van der Waals surface area contributed by atoms with Crippen molar-refractivity contribution in [3.8, 4) is 0 Å². The van der Waals surface area contributed by atoms with E-state index in [0.717, 1.165) is 0 Å². The van der Waals surface area contributed by atoms with Gasteiger partial charge in [-0.25, -0.2) is 8.42 Å². The van der Waals surface area contributed by atoms with E-state index in [2.05, 4.69) is 0 Å². The summed E-state index contributed by atoms with van der Waals surface area (Å²) in [5.41, 5.74) is -7.05. The van der Waals surface area contributed by atoms with Crippen molar-refractivity contribution in [2.24, 2.45) is 16.2 Å². The van der Waals surface area contributed by atoms with Gasteiger partial charge in [0.1, 0.15) is 27.9 Å². The summed E-state index contributed by atoms with van der Waals surface area (Å²) in [5, 5.41) is 40.9. The van der Waals surface area contributed by atoms with Crippen LogP contribution < -0.4 is 29.6 Å². The molecule has 0 aromatic heterocycles. The van der Waals surface area contributed by atoms with E-state index in [1.165, 1.54) is 13.8 Å². The minimum atomic E-state index is -5.08. The average Bonchev–Trinajstić information content (AvgIpc) is 2.58. The van der Waals surface area contributed by atoms with E-state index in [-0.39, 0.29) is 36.0 Å². The number of hydrogen-bond donors (Lipinski definition) is 4. The minimum absolute atomic E-state index is 0. The van der Waals surface area contributed by atoms with Gasteiger partial charge in [-0.15, -0.1) is 0 Å². The summed E-state index contributed by atoms with van der Waals surface area (Å²) in [6, 6.07) is 0. The smallest absolute Gasteiger partial charge is 0.748 e. The fourth-order valence-electron chi connectivity index (χ4n) is 6.41. The monoisotopic (exact) mass is 400 g/mol. The summed E-state index contributed by atoms with van der Waals surface area (Å²) in [4.78, 5) is 12.9. The fraction of sp³-hybridized carbons (Fsp3) is 0.933. The Labute approximate surface area is 172 Å². The zero-order valence-corrected chi connectivity index (χ0v) is 17.6. The first-order valence-electron chi connectivity index (χ1n) is 8.15. The quantitative estimate of drug-likeness (QED) is 0.261. The van der Waals surface area contributed by atoms with Gasteiger partial charge in [0.15, 0.2) is 5.78 Å². The van der Waals surface area contributed by atoms with E-state index in [1.54, 1.807) is 0 Å². The van der Waals surface area contributed by atoms with E-state index >= 15 is 0 Å². The molecule has 0 radical (unpaired) electrons. The van der Waals surface area contributed by atoms with Crippen LogP contribution in [0, 0.1) is 16.2 Å². The Bertz CT molecular complexity index is 773. The van der Waals surface area contributed by atoms with Gasteiger partial charge in [0.2, 0.25) is 0 Å². The summed E-state index contributed by atoms with van der Waals surface area (Å²) < 4.78 is 41.9. The zero-order chi connectivity index (χ0) is 18.8. The van der Waals surface area contributed by atoms with Gasteiger partial charge in [0, 0.05) is 10.8 Å². The van der Waals surface area contributed by atoms with Crippen LogP contribution in [0.5, 0.6) is 0 Å². The molecule has 0 amide bonds. The average molecular weight is 400 g/mol. The van der Waals surface area contributed by atoms with E-state index in [0.29, 0.717) is 0 Å². The third-order valence-electron chi connectivity index (χ3n) is 7.63. The normalized spacial score (nSPS) is 57.8. The molecular weight excluding hydrogens is 379 g/mol. The third-order valence-corrected chi connectivity index (χ3v) is 9.02. The zero-order valence-electron chi connectivity index (χ0n) is 14.7. The van der Waals surface area contributed by atoms with Crippen LogP contribution >= 0.6 is 0 Å². The Morgan fingerprint density at radius 1 is 1.27 bits per heavy atom. The number of rotatable bonds is 2. The predicted octanol–water partition coefficient (Wildman–Crippen LogP) is -5.49. The Morgan fingerprint density at radius 3 is 2.35 bits per heavy atom. The minimum Gasteiger partial charge on any atom is -0.748 e. The van der Waals surface area contributed by atoms with Crippen molar-refractivity contribution in [3.63, 3.8) is 0 Å². The first kappa shape index (κ1) is 21.1. The van der Waals surface area contributed by atoms with Crippen LogP contribution in [0.4, 0.5) is 0 Å². The van der Waals surface area contributed by atoms with Gasteiger partial charge in [0.05, 0.1) is 29.5 Å². The molecule has 11 heteroatoms. The molecule has 0 spiro atoms. The maximum Gasteiger partial charge on any atom is 1.00 e. The van der Waals surface area contributed by atoms with Crippen molar-refractivity contribution < 1.29 is 72.5 Å². The summed E-state index contributed by atoms with van der Waals surface area (Å²) in [6.45, 7) is 1.86. The van der Waals surface area contributed by atoms with Gasteiger partial charge in [-0.3, -0.25) is 4.79 Å². The fourth-order valence-corrected chi connectivity index (χ4v) is 7.85. The number of carbonyl (C=O) groups is 1. The maximum absolute atomic E-state index is 12.9. The molecule has 26 heavy (non-hydrogen) atoms. The number of hydrogen-bond acceptors (Lipinski definition) is 9. The van der Waals surface area contributed by atoms with Crippen molar-refractivity contribution in [1.82, 2.24) is 0 Å². The van der Waals surface area contributed by atoms with E-state index in [9.17, 15) is 38.2 Å². The van der Waals surface area contributed by atoms with Crippen LogP contribution in [-0.4, -0.2) is 81.1 Å². The predicted molar refractivity (Wildman–Crippen MR) is 79.1 cm³/mol. The summed E-state index contributed by atoms with van der Waals surface area (Å²) in [7, 11) is -5.08. The number of Topliss-reactive ketones (excluding diaryl/α,β-unsaturated/α-hetero) is 1. The Kier molecular flexibility index (Phi) is 4.46. The molecule has 9 atom stereocenters. The number of fused-ring (bicyclic) bond motifs is 1. The molecule has 142 valence electrons. The second-order valence-corrected chi connectivity index (χ2v) is 9.97. The van der Waals surface area contributed by atoms with Crippen molar-refractivity contribution in [2.45, 2.75) is 62.0 Å². The Balaban J connectivity index is 0.00000196. The van der Waals surface area contributed by atoms with Crippen LogP contribution in [0.3, 0.4) is 0 Å². The molecule has 4 aliphatic carbocycles. The second kappa shape index (κ2) is 5.50. The number of ether oxygens (including phenoxy) is 1. The van der Waals surface area contributed by atoms with E-state index < -0.39 is 80.4 Å². The largest absolute Gasteiger partial charge is 1.00 e. The number of aliphatic hydroxyl groups excluding tert-OH is 3. The molecule has 0 unspecified atom stereocenters. The Morgan fingerprint density at radius 2 is 1.85 bits per heavy atom. The number of aliphatic hydroxyl groups is 4. The van der Waals surface area contributed by atoms with Crippen molar-refractivity contribution >= 4 is 15.9 Å². The molecular formula is C15H21NaO9S. The molecule has 6 aliphatic rings. The molecule has 2 aliphatic heterocycles. The van der Waals surface area contributed by atoms with E-state index in [1.807, 2.05) is 0 Å². The maximum atomic E-state index is 12.9. The second-order valence-electron chi connectivity index (χ2n) is 8.48. The molecule has 6 bridgehead atoms. The molecule has 2 heterocycles. The molecule has 9 nitrogen and oxygen atoms in total. The molecule has 0 aromatic carbocycles. The number of ketones is 1. The van der Waals surface area contributed by atoms with Crippen molar-refractivity contribution in [2.75, 3.05) is 6.61 Å². The van der Waals surface area contributed by atoms with Crippen LogP contribution in [0.2, 0.25) is 0 Å². The van der Waals surface area contributed by atoms with Gasteiger partial charge in [-0.05, 0) is 12.8 Å². The van der Waals surface area contributed by atoms with Gasteiger partial charge in [-0.1, -0.05) is 13.8 Å². The van der Waals surface area contributed by atoms with Crippen LogP contribution in [-0.2, 0) is 19.6 Å². The third kappa shape index (κ3) is 1.87. The first-order chi connectivity index (χ1) is 11.3. The van der Waals surface area contributed by atoms with Gasteiger partial charge < -0.3 is 29.7 Å². The molecule has 6 rings (SSSR count). The molecule has 0 aromatic rings. The van der Waals surface area contributed by atoms with Gasteiger partial charge in [0.25, 0.3) is 0 Å². The molecule has 4 N–H and O–H groups in total.